The van der Waals surface area contributed by atoms with Crippen molar-refractivity contribution >= 4 is 12.2 Å². The lowest BCUT2D eigenvalue weighted by atomic mass is 10.2. The summed E-state index contributed by atoms with van der Waals surface area (Å²) in [6.07, 6.45) is 5.00. The second-order valence-electron chi connectivity index (χ2n) is 3.43. The first-order valence-corrected chi connectivity index (χ1v) is 4.59. The molecule has 0 aliphatic rings. The average Bonchev–Trinajstić information content (AvgIpc) is 2.61. The molecule has 5 nitrogen and oxygen atoms in total. The quantitative estimate of drug-likeness (QED) is 0.685. The maximum atomic E-state index is 10.6. The van der Waals surface area contributed by atoms with Gasteiger partial charge < -0.3 is 15.2 Å². The molecule has 0 fully saturated rings. The van der Waals surface area contributed by atoms with E-state index < -0.39 is 0 Å². The van der Waals surface area contributed by atoms with Gasteiger partial charge in [0.05, 0.1) is 12.5 Å². The van der Waals surface area contributed by atoms with Crippen LogP contribution in [0.3, 0.4) is 0 Å². The summed E-state index contributed by atoms with van der Waals surface area (Å²) >= 11 is 0. The predicted molar refractivity (Wildman–Crippen MR) is 55.0 cm³/mol. The Morgan fingerprint density at radius 3 is 3.07 bits per heavy atom. The Kier molecular flexibility index (Phi) is 3.64. The molecule has 0 aromatic carbocycles. The van der Waals surface area contributed by atoms with E-state index in [9.17, 15) is 4.79 Å². The van der Waals surface area contributed by atoms with Crippen molar-refractivity contribution < 1.29 is 4.79 Å². The Balaban J connectivity index is 2.67. The van der Waals surface area contributed by atoms with Crippen LogP contribution < -0.4 is 10.6 Å². The second-order valence-corrected chi connectivity index (χ2v) is 3.43. The monoisotopic (exact) mass is 196 g/mol. The van der Waals surface area contributed by atoms with E-state index in [4.69, 9.17) is 5.73 Å². The third-order valence-corrected chi connectivity index (χ3v) is 2.04. The average molecular weight is 196 g/mol. The van der Waals surface area contributed by atoms with Crippen LogP contribution in [0.1, 0.15) is 13.3 Å². The number of aromatic nitrogens is 2. The largest absolute Gasteiger partial charge is 0.328 e. The minimum absolute atomic E-state index is 0.159. The summed E-state index contributed by atoms with van der Waals surface area (Å²) in [4.78, 5) is 16.0. The highest BCUT2D eigenvalue weighted by Crippen LogP contribution is 2.10. The normalized spacial score (nSPS) is 12.5. The van der Waals surface area contributed by atoms with Crippen molar-refractivity contribution in [2.75, 3.05) is 11.9 Å². The van der Waals surface area contributed by atoms with Crippen molar-refractivity contribution in [2.24, 2.45) is 5.73 Å². The first kappa shape index (κ1) is 10.7. The van der Waals surface area contributed by atoms with Gasteiger partial charge in [-0.25, -0.2) is 4.98 Å². The second kappa shape index (κ2) is 4.76. The summed E-state index contributed by atoms with van der Waals surface area (Å²) in [7, 11) is 1.70. The fourth-order valence-corrected chi connectivity index (χ4v) is 1.18. The number of carbonyl (C=O) groups excluding carboxylic acids is 1. The van der Waals surface area contributed by atoms with Gasteiger partial charge in [-0.2, -0.15) is 0 Å². The molecule has 1 unspecified atom stereocenters. The molecule has 0 bridgehead atoms. The number of nitrogens with two attached hydrogens (primary N) is 1. The molecular weight excluding hydrogens is 180 g/mol. The van der Waals surface area contributed by atoms with Crippen LogP contribution in [0, 0.1) is 0 Å². The lowest BCUT2D eigenvalue weighted by Crippen LogP contribution is -2.21. The van der Waals surface area contributed by atoms with Gasteiger partial charge in [0.25, 0.3) is 0 Å². The van der Waals surface area contributed by atoms with Gasteiger partial charge in [-0.15, -0.1) is 0 Å². The van der Waals surface area contributed by atoms with Gasteiger partial charge >= 0.3 is 0 Å². The summed E-state index contributed by atoms with van der Waals surface area (Å²) in [6, 6.07) is 0.159. The van der Waals surface area contributed by atoms with Crippen LogP contribution in [-0.2, 0) is 11.3 Å². The highest BCUT2D eigenvalue weighted by Gasteiger charge is 2.06. The first-order chi connectivity index (χ1) is 6.65. The van der Waals surface area contributed by atoms with Crippen LogP contribution in [0.2, 0.25) is 0 Å². The summed E-state index contributed by atoms with van der Waals surface area (Å²) in [5, 5.41) is 0. The Labute approximate surface area is 83.5 Å². The molecule has 0 radical (unpaired) electrons. The fourth-order valence-electron chi connectivity index (χ4n) is 1.18. The van der Waals surface area contributed by atoms with E-state index in [-0.39, 0.29) is 6.04 Å². The van der Waals surface area contributed by atoms with Gasteiger partial charge in [-0.3, -0.25) is 4.79 Å². The zero-order valence-corrected chi connectivity index (χ0v) is 8.55. The molecule has 0 saturated carbocycles. The summed E-state index contributed by atoms with van der Waals surface area (Å²) in [6.45, 7) is 2.74. The zero-order chi connectivity index (χ0) is 10.6. The van der Waals surface area contributed by atoms with Gasteiger partial charge in [0.15, 0.2) is 0 Å². The Bertz CT molecular complexity index is 295. The highest BCUT2D eigenvalue weighted by molar-refractivity contribution is 5.71. The van der Waals surface area contributed by atoms with E-state index in [1.54, 1.807) is 19.6 Å². The summed E-state index contributed by atoms with van der Waals surface area (Å²) in [5.74, 6) is 0.792. The van der Waals surface area contributed by atoms with Gasteiger partial charge in [-0.1, -0.05) is 0 Å². The summed E-state index contributed by atoms with van der Waals surface area (Å²) < 4.78 is 1.91. The van der Waals surface area contributed by atoms with E-state index in [0.717, 1.165) is 25.2 Å². The van der Waals surface area contributed by atoms with E-state index in [1.165, 1.54) is 4.90 Å². The molecule has 0 aliphatic heterocycles. The number of rotatable bonds is 5. The van der Waals surface area contributed by atoms with Crippen LogP contribution in [-0.4, -0.2) is 29.1 Å². The van der Waals surface area contributed by atoms with Crippen molar-refractivity contribution in [1.82, 2.24) is 9.55 Å². The standard InChI is InChI=1S/C9H16N4O/c1-8(10)3-4-13-6-11-5-9(13)12(2)7-14/h5-8H,3-4,10H2,1-2H3. The van der Waals surface area contributed by atoms with Crippen LogP contribution >= 0.6 is 0 Å². The molecule has 0 aliphatic carbocycles. The number of aryl methyl sites for hydroxylation is 1. The number of imidazole rings is 1. The third-order valence-electron chi connectivity index (χ3n) is 2.04. The molecule has 1 aromatic rings. The predicted octanol–water partition coefficient (Wildman–Crippen LogP) is 0.213. The van der Waals surface area contributed by atoms with Crippen LogP contribution in [0.5, 0.6) is 0 Å². The lowest BCUT2D eigenvalue weighted by Gasteiger charge is -2.14. The molecule has 2 N–H and O–H groups in total. The van der Waals surface area contributed by atoms with Crippen molar-refractivity contribution in [1.29, 1.82) is 0 Å². The lowest BCUT2D eigenvalue weighted by molar-refractivity contribution is -0.107. The number of amides is 1. The third kappa shape index (κ3) is 2.56. The molecular formula is C9H16N4O. The van der Waals surface area contributed by atoms with Crippen molar-refractivity contribution in [3.8, 4) is 0 Å². The molecule has 0 saturated heterocycles. The molecule has 1 rings (SSSR count). The molecule has 1 atom stereocenters. The van der Waals surface area contributed by atoms with Crippen molar-refractivity contribution in [3.05, 3.63) is 12.5 Å². The maximum absolute atomic E-state index is 10.6. The highest BCUT2D eigenvalue weighted by atomic mass is 16.1. The van der Waals surface area contributed by atoms with E-state index in [0.29, 0.717) is 0 Å². The van der Waals surface area contributed by atoms with Crippen LogP contribution in [0.25, 0.3) is 0 Å². The van der Waals surface area contributed by atoms with E-state index in [2.05, 4.69) is 4.98 Å². The smallest absolute Gasteiger partial charge is 0.215 e. The Morgan fingerprint density at radius 2 is 2.50 bits per heavy atom. The van der Waals surface area contributed by atoms with E-state index in [1.807, 2.05) is 11.5 Å². The maximum Gasteiger partial charge on any atom is 0.215 e. The minimum Gasteiger partial charge on any atom is -0.328 e. The van der Waals surface area contributed by atoms with Crippen molar-refractivity contribution in [3.63, 3.8) is 0 Å². The first-order valence-electron chi connectivity index (χ1n) is 4.59. The Hall–Kier alpha value is -1.36. The van der Waals surface area contributed by atoms with Crippen LogP contribution in [0.4, 0.5) is 5.82 Å². The molecule has 1 aromatic heterocycles. The van der Waals surface area contributed by atoms with Gasteiger partial charge in [-0.05, 0) is 13.3 Å². The molecule has 5 heteroatoms. The minimum atomic E-state index is 0.159. The summed E-state index contributed by atoms with van der Waals surface area (Å²) in [5.41, 5.74) is 5.65. The number of hydrogen-bond donors (Lipinski definition) is 1. The molecule has 1 heterocycles. The number of hydrogen-bond acceptors (Lipinski definition) is 3. The SMILES string of the molecule is CC(N)CCn1cncc1N(C)C=O. The molecule has 0 spiro atoms. The van der Waals surface area contributed by atoms with Crippen LogP contribution in [0.15, 0.2) is 12.5 Å². The van der Waals surface area contributed by atoms with Gasteiger partial charge in [0.1, 0.15) is 5.82 Å². The topological polar surface area (TPSA) is 64.2 Å². The van der Waals surface area contributed by atoms with Gasteiger partial charge in [0.2, 0.25) is 6.41 Å². The molecule has 1 amide bonds. The zero-order valence-electron chi connectivity index (χ0n) is 8.55. The number of carbonyl (C=O) groups is 1. The number of nitrogens with zero attached hydrogens (tertiary/aromatic N) is 3. The number of anilines is 1. The van der Waals surface area contributed by atoms with Crippen molar-refractivity contribution in [2.45, 2.75) is 25.9 Å². The Morgan fingerprint density at radius 1 is 1.79 bits per heavy atom. The molecule has 78 valence electrons. The molecule has 14 heavy (non-hydrogen) atoms. The fraction of sp³-hybridized carbons (Fsp3) is 0.556. The van der Waals surface area contributed by atoms with Gasteiger partial charge in [0, 0.05) is 19.6 Å². The van der Waals surface area contributed by atoms with E-state index >= 15 is 0 Å².